The minimum Gasteiger partial charge on any atom is -0.396 e. The van der Waals surface area contributed by atoms with Crippen LogP contribution in [0.2, 0.25) is 0 Å². The maximum atomic E-state index is 10.6. The van der Waals surface area contributed by atoms with Crippen molar-refractivity contribution in [2.75, 3.05) is 13.2 Å². The summed E-state index contributed by atoms with van der Waals surface area (Å²) in [5, 5.41) is 27.7. The van der Waals surface area contributed by atoms with E-state index in [0.29, 0.717) is 19.3 Å². The van der Waals surface area contributed by atoms with Crippen molar-refractivity contribution < 1.29 is 15.1 Å². The molecule has 0 radical (unpaired) electrons. The maximum Gasteiger partial charge on any atom is 0.276 e. The molecule has 6 heteroatoms. The fraction of sp³-hybridized carbons (Fsp3) is 1.00. The molecular formula is C7H14BrNO4. The molecule has 0 saturated carbocycles. The molecule has 1 atom stereocenters. The van der Waals surface area contributed by atoms with Crippen molar-refractivity contribution in [1.82, 2.24) is 0 Å². The summed E-state index contributed by atoms with van der Waals surface area (Å²) in [6.07, 6.45) is 1.53. The molecule has 0 aliphatic rings. The molecule has 78 valence electrons. The van der Waals surface area contributed by atoms with Gasteiger partial charge in [0.05, 0.1) is 13.0 Å². The van der Waals surface area contributed by atoms with Gasteiger partial charge in [0.2, 0.25) is 0 Å². The van der Waals surface area contributed by atoms with Crippen molar-refractivity contribution in [3.05, 3.63) is 10.1 Å². The highest BCUT2D eigenvalue weighted by atomic mass is 79.9. The van der Waals surface area contributed by atoms with Crippen LogP contribution in [-0.2, 0) is 0 Å². The summed E-state index contributed by atoms with van der Waals surface area (Å²) in [6, 6.07) is 0. The zero-order chi connectivity index (χ0) is 10.3. The van der Waals surface area contributed by atoms with Crippen LogP contribution >= 0.6 is 15.9 Å². The van der Waals surface area contributed by atoms with Crippen LogP contribution in [0.15, 0.2) is 0 Å². The fourth-order valence-corrected chi connectivity index (χ4v) is 1.44. The lowest BCUT2D eigenvalue weighted by Gasteiger charge is -2.17. The van der Waals surface area contributed by atoms with E-state index in [1.165, 1.54) is 0 Å². The van der Waals surface area contributed by atoms with Gasteiger partial charge in [0.1, 0.15) is 0 Å². The van der Waals surface area contributed by atoms with Crippen LogP contribution in [0.4, 0.5) is 0 Å². The minimum absolute atomic E-state index is 0.0416. The Morgan fingerprint density at radius 1 is 1.23 bits per heavy atom. The Morgan fingerprint density at radius 3 is 2.23 bits per heavy atom. The number of nitrogens with zero attached hydrogens (tertiary/aromatic N) is 1. The molecule has 0 aromatic carbocycles. The molecule has 13 heavy (non-hydrogen) atoms. The van der Waals surface area contributed by atoms with Gasteiger partial charge < -0.3 is 10.2 Å². The molecule has 0 heterocycles. The number of hydrogen-bond acceptors (Lipinski definition) is 4. The largest absolute Gasteiger partial charge is 0.396 e. The van der Waals surface area contributed by atoms with Crippen LogP contribution in [0.25, 0.3) is 0 Å². The van der Waals surface area contributed by atoms with Gasteiger partial charge in [-0.25, -0.2) is 0 Å². The highest BCUT2D eigenvalue weighted by Crippen LogP contribution is 2.29. The molecule has 0 saturated heterocycles. The Balaban J connectivity index is 4.00. The highest BCUT2D eigenvalue weighted by molar-refractivity contribution is 9.10. The van der Waals surface area contributed by atoms with Gasteiger partial charge in [-0.15, -0.1) is 0 Å². The van der Waals surface area contributed by atoms with Gasteiger partial charge in [-0.05, 0) is 12.8 Å². The molecule has 1 unspecified atom stereocenters. The lowest BCUT2D eigenvalue weighted by Crippen LogP contribution is -2.32. The first-order valence-electron chi connectivity index (χ1n) is 4.12. The standard InChI is InChI=1S/C7H14BrNO4/c8-7(4-6-11,9(12)13)3-1-2-5-10/h10-11H,1-6H2. The quantitative estimate of drug-likeness (QED) is 0.233. The lowest BCUT2D eigenvalue weighted by atomic mass is 10.1. The van der Waals surface area contributed by atoms with Gasteiger partial charge in [0.25, 0.3) is 4.45 Å². The summed E-state index contributed by atoms with van der Waals surface area (Å²) in [5.41, 5.74) is 0. The topological polar surface area (TPSA) is 83.6 Å². The molecule has 0 spiro atoms. The molecule has 0 aromatic heterocycles. The van der Waals surface area contributed by atoms with Crippen LogP contribution in [0.1, 0.15) is 25.7 Å². The molecule has 0 rings (SSSR count). The molecule has 0 aromatic rings. The van der Waals surface area contributed by atoms with Crippen molar-refractivity contribution in [1.29, 1.82) is 0 Å². The van der Waals surface area contributed by atoms with Gasteiger partial charge in [0.15, 0.2) is 0 Å². The van der Waals surface area contributed by atoms with Crippen molar-refractivity contribution >= 4 is 15.9 Å². The minimum atomic E-state index is -1.23. The van der Waals surface area contributed by atoms with Gasteiger partial charge >= 0.3 is 0 Å². The van der Waals surface area contributed by atoms with Crippen LogP contribution < -0.4 is 0 Å². The van der Waals surface area contributed by atoms with Crippen molar-refractivity contribution in [2.24, 2.45) is 0 Å². The fourth-order valence-electron chi connectivity index (χ4n) is 0.987. The second kappa shape index (κ2) is 6.28. The number of alkyl halides is 1. The van der Waals surface area contributed by atoms with E-state index < -0.39 is 9.37 Å². The van der Waals surface area contributed by atoms with Gasteiger partial charge in [0, 0.05) is 33.9 Å². The first-order valence-corrected chi connectivity index (χ1v) is 4.91. The van der Waals surface area contributed by atoms with E-state index in [2.05, 4.69) is 15.9 Å². The number of aliphatic hydroxyl groups excluding tert-OH is 2. The molecule has 0 bridgehead atoms. The van der Waals surface area contributed by atoms with E-state index >= 15 is 0 Å². The van der Waals surface area contributed by atoms with E-state index in [4.69, 9.17) is 10.2 Å². The molecule has 5 nitrogen and oxygen atoms in total. The van der Waals surface area contributed by atoms with E-state index in [1.54, 1.807) is 0 Å². The van der Waals surface area contributed by atoms with Gasteiger partial charge in [-0.3, -0.25) is 10.1 Å². The van der Waals surface area contributed by atoms with Crippen molar-refractivity contribution in [2.45, 2.75) is 30.1 Å². The summed E-state index contributed by atoms with van der Waals surface area (Å²) in [7, 11) is 0. The first-order chi connectivity index (χ1) is 6.06. The molecule has 0 amide bonds. The average Bonchev–Trinajstić information content (AvgIpc) is 2.05. The monoisotopic (exact) mass is 255 g/mol. The second-order valence-corrected chi connectivity index (χ2v) is 4.31. The summed E-state index contributed by atoms with van der Waals surface area (Å²) in [4.78, 5) is 10.2. The zero-order valence-corrected chi connectivity index (χ0v) is 8.86. The molecule has 2 N–H and O–H groups in total. The lowest BCUT2D eigenvalue weighted by molar-refractivity contribution is -0.538. The van der Waals surface area contributed by atoms with Crippen LogP contribution in [-0.4, -0.2) is 32.8 Å². The molecular weight excluding hydrogens is 242 g/mol. The SMILES string of the molecule is O=[N+]([O-])C(Br)(CCO)CCCCO. The highest BCUT2D eigenvalue weighted by Gasteiger charge is 2.38. The summed E-state index contributed by atoms with van der Waals surface area (Å²) < 4.78 is -1.23. The number of aliphatic hydroxyl groups is 2. The van der Waals surface area contributed by atoms with E-state index in [0.717, 1.165) is 0 Å². The summed E-state index contributed by atoms with van der Waals surface area (Å²) in [5.74, 6) is 0. The Bertz CT molecular complexity index is 167. The number of rotatable bonds is 7. The number of hydrogen-bond donors (Lipinski definition) is 2. The maximum absolute atomic E-state index is 10.6. The molecule has 0 aliphatic carbocycles. The Hall–Kier alpha value is -0.200. The summed E-state index contributed by atoms with van der Waals surface area (Å²) in [6.45, 7) is -0.175. The molecule has 0 fully saturated rings. The first kappa shape index (κ1) is 12.8. The van der Waals surface area contributed by atoms with Crippen molar-refractivity contribution in [3.63, 3.8) is 0 Å². The predicted molar refractivity (Wildman–Crippen MR) is 51.3 cm³/mol. The Morgan fingerprint density at radius 2 is 1.85 bits per heavy atom. The Labute approximate surface area is 85.0 Å². The predicted octanol–water partition coefficient (Wildman–Crippen LogP) is 0.899. The van der Waals surface area contributed by atoms with Crippen LogP contribution in [0, 0.1) is 10.1 Å². The zero-order valence-electron chi connectivity index (χ0n) is 7.28. The van der Waals surface area contributed by atoms with E-state index in [9.17, 15) is 10.1 Å². The van der Waals surface area contributed by atoms with E-state index in [-0.39, 0.29) is 19.6 Å². The second-order valence-electron chi connectivity index (χ2n) is 2.83. The van der Waals surface area contributed by atoms with Crippen LogP contribution in [0.5, 0.6) is 0 Å². The van der Waals surface area contributed by atoms with Gasteiger partial charge in [-0.2, -0.15) is 0 Å². The smallest absolute Gasteiger partial charge is 0.276 e. The molecule has 0 aliphatic heterocycles. The number of unbranched alkanes of at least 4 members (excludes halogenated alkanes) is 1. The third kappa shape index (κ3) is 4.54. The average molecular weight is 256 g/mol. The van der Waals surface area contributed by atoms with Gasteiger partial charge in [-0.1, -0.05) is 0 Å². The normalized spacial score (nSPS) is 15.3. The third-order valence-corrected chi connectivity index (χ3v) is 2.87. The summed E-state index contributed by atoms with van der Waals surface area (Å²) >= 11 is 3.00. The van der Waals surface area contributed by atoms with Crippen molar-refractivity contribution in [3.8, 4) is 0 Å². The Kier molecular flexibility index (Phi) is 6.19. The number of halogens is 1. The van der Waals surface area contributed by atoms with E-state index in [1.807, 2.05) is 0 Å². The third-order valence-electron chi connectivity index (χ3n) is 1.79. The van der Waals surface area contributed by atoms with Crippen LogP contribution in [0.3, 0.4) is 0 Å². The number of nitro groups is 1.